The summed E-state index contributed by atoms with van der Waals surface area (Å²) in [5.74, 6) is 2.04. The Morgan fingerprint density at radius 2 is 2.27 bits per heavy atom. The van der Waals surface area contributed by atoms with E-state index >= 15 is 0 Å². The van der Waals surface area contributed by atoms with Gasteiger partial charge in [0.25, 0.3) is 0 Å². The second-order valence-electron chi connectivity index (χ2n) is 6.93. The van der Waals surface area contributed by atoms with Crippen LogP contribution >= 0.6 is 35.3 Å². The molecule has 1 saturated heterocycles. The molecule has 1 unspecified atom stereocenters. The highest BCUT2D eigenvalue weighted by Crippen LogP contribution is 2.26. The van der Waals surface area contributed by atoms with E-state index in [0.29, 0.717) is 11.8 Å². The number of guanidine groups is 1. The van der Waals surface area contributed by atoms with Crippen LogP contribution in [0.15, 0.2) is 22.8 Å². The molecule has 0 spiro atoms. The lowest BCUT2D eigenvalue weighted by Gasteiger charge is -2.21. The Kier molecular flexibility index (Phi) is 7.87. The Morgan fingerprint density at radius 1 is 1.46 bits per heavy atom. The van der Waals surface area contributed by atoms with E-state index in [1.165, 1.54) is 16.3 Å². The predicted molar refractivity (Wildman–Crippen MR) is 119 cm³/mol. The first-order chi connectivity index (χ1) is 12.1. The van der Waals surface area contributed by atoms with Gasteiger partial charge in [-0.3, -0.25) is 9.67 Å². The first kappa shape index (κ1) is 21.1. The van der Waals surface area contributed by atoms with Crippen LogP contribution in [-0.2, 0) is 13.5 Å². The van der Waals surface area contributed by atoms with Crippen LogP contribution in [0.25, 0.3) is 0 Å². The number of aliphatic imine (C=N–C) groups is 1. The minimum absolute atomic E-state index is 0. The molecular weight excluding hydrogens is 459 g/mol. The monoisotopic (exact) mass is 488 g/mol. The van der Waals surface area contributed by atoms with Crippen molar-refractivity contribution >= 4 is 41.3 Å². The van der Waals surface area contributed by atoms with Crippen LogP contribution in [0, 0.1) is 0 Å². The Bertz CT molecular complexity index is 723. The molecule has 0 saturated carbocycles. The molecule has 1 atom stereocenters. The van der Waals surface area contributed by atoms with Gasteiger partial charge >= 0.3 is 0 Å². The molecule has 8 heteroatoms. The van der Waals surface area contributed by atoms with Crippen molar-refractivity contribution in [3.63, 3.8) is 0 Å². The highest BCUT2D eigenvalue weighted by atomic mass is 127. The third-order valence-electron chi connectivity index (χ3n) is 4.62. The average Bonchev–Trinajstić information content (AvgIpc) is 3.31. The Morgan fingerprint density at radius 3 is 2.88 bits per heavy atom. The molecule has 6 nitrogen and oxygen atoms in total. The molecule has 0 radical (unpaired) electrons. The minimum atomic E-state index is 0. The van der Waals surface area contributed by atoms with E-state index in [2.05, 4.69) is 45.7 Å². The van der Waals surface area contributed by atoms with Crippen molar-refractivity contribution in [2.75, 3.05) is 26.7 Å². The molecule has 1 aliphatic rings. The number of nitrogens with zero attached hydrogens (tertiary/aromatic N) is 5. The fourth-order valence-corrected chi connectivity index (χ4v) is 4.08. The molecule has 1 fully saturated rings. The normalized spacial score (nSPS) is 17.7. The van der Waals surface area contributed by atoms with Crippen molar-refractivity contribution in [2.45, 2.75) is 38.5 Å². The maximum Gasteiger partial charge on any atom is 0.193 e. The molecule has 0 bridgehead atoms. The summed E-state index contributed by atoms with van der Waals surface area (Å²) in [4.78, 5) is 11.5. The van der Waals surface area contributed by atoms with E-state index in [4.69, 9.17) is 4.98 Å². The number of rotatable bonds is 5. The standard InChI is InChI=1S/C18H28N6S.HI/c1-13(2)17-22-16(12-25-17)5-7-20-18(19-3)24-8-6-14(11-24)15-9-21-23(4)10-15;/h9-10,12-14H,5-8,11H2,1-4H3,(H,19,20);1H. The van der Waals surface area contributed by atoms with Gasteiger partial charge in [0.1, 0.15) is 0 Å². The van der Waals surface area contributed by atoms with Crippen LogP contribution in [0.3, 0.4) is 0 Å². The first-order valence-corrected chi connectivity index (χ1v) is 9.83. The highest BCUT2D eigenvalue weighted by Gasteiger charge is 2.26. The zero-order valence-electron chi connectivity index (χ0n) is 16.0. The van der Waals surface area contributed by atoms with Gasteiger partial charge in [-0.2, -0.15) is 5.10 Å². The number of hydrogen-bond acceptors (Lipinski definition) is 4. The molecule has 0 aromatic carbocycles. The summed E-state index contributed by atoms with van der Waals surface area (Å²) < 4.78 is 1.88. The summed E-state index contributed by atoms with van der Waals surface area (Å²) >= 11 is 1.76. The van der Waals surface area contributed by atoms with Gasteiger partial charge in [-0.1, -0.05) is 13.8 Å². The summed E-state index contributed by atoms with van der Waals surface area (Å²) in [6, 6.07) is 0. The Hall–Kier alpha value is -1.16. The largest absolute Gasteiger partial charge is 0.356 e. The van der Waals surface area contributed by atoms with Gasteiger partial charge in [-0.15, -0.1) is 35.3 Å². The van der Waals surface area contributed by atoms with E-state index in [9.17, 15) is 0 Å². The van der Waals surface area contributed by atoms with Gasteiger partial charge in [0.15, 0.2) is 5.96 Å². The maximum atomic E-state index is 4.70. The smallest absolute Gasteiger partial charge is 0.193 e. The van der Waals surface area contributed by atoms with Crippen LogP contribution in [0.5, 0.6) is 0 Å². The molecule has 26 heavy (non-hydrogen) atoms. The van der Waals surface area contributed by atoms with Gasteiger partial charge in [-0.05, 0) is 12.0 Å². The third kappa shape index (κ3) is 5.18. The zero-order chi connectivity index (χ0) is 17.8. The highest BCUT2D eigenvalue weighted by molar-refractivity contribution is 14.0. The summed E-state index contributed by atoms with van der Waals surface area (Å²) in [5, 5.41) is 11.2. The van der Waals surface area contributed by atoms with Crippen molar-refractivity contribution in [3.8, 4) is 0 Å². The van der Waals surface area contributed by atoms with Crippen molar-refractivity contribution in [3.05, 3.63) is 34.0 Å². The van der Waals surface area contributed by atoms with Gasteiger partial charge < -0.3 is 10.2 Å². The summed E-state index contributed by atoms with van der Waals surface area (Å²) in [6.07, 6.45) is 6.19. The molecule has 1 N–H and O–H groups in total. The maximum absolute atomic E-state index is 4.70. The molecule has 3 heterocycles. The van der Waals surface area contributed by atoms with Gasteiger partial charge in [0, 0.05) is 63.6 Å². The summed E-state index contributed by atoms with van der Waals surface area (Å²) in [7, 11) is 3.83. The second-order valence-corrected chi connectivity index (χ2v) is 7.82. The van der Waals surface area contributed by atoms with Crippen LogP contribution in [-0.4, -0.2) is 52.3 Å². The van der Waals surface area contributed by atoms with Gasteiger partial charge in [-0.25, -0.2) is 4.98 Å². The number of aryl methyl sites for hydroxylation is 1. The molecule has 0 amide bonds. The van der Waals surface area contributed by atoms with Gasteiger partial charge in [0.2, 0.25) is 0 Å². The van der Waals surface area contributed by atoms with Crippen molar-refractivity contribution < 1.29 is 0 Å². The number of aromatic nitrogens is 3. The fourth-order valence-electron chi connectivity index (χ4n) is 3.21. The van der Waals surface area contributed by atoms with Crippen molar-refractivity contribution in [1.82, 2.24) is 25.0 Å². The fraction of sp³-hybridized carbons (Fsp3) is 0.611. The number of nitrogens with one attached hydrogen (secondary N) is 1. The van der Waals surface area contributed by atoms with Crippen LogP contribution in [0.4, 0.5) is 0 Å². The molecule has 3 rings (SSSR count). The molecule has 2 aromatic heterocycles. The topological polar surface area (TPSA) is 58.3 Å². The summed E-state index contributed by atoms with van der Waals surface area (Å²) in [6.45, 7) is 7.28. The minimum Gasteiger partial charge on any atom is -0.356 e. The second kappa shape index (κ2) is 9.68. The number of thiazole rings is 1. The lowest BCUT2D eigenvalue weighted by molar-refractivity contribution is 0.486. The number of halogens is 1. The van der Waals surface area contributed by atoms with E-state index < -0.39 is 0 Å². The van der Waals surface area contributed by atoms with Crippen molar-refractivity contribution in [1.29, 1.82) is 0 Å². The number of likely N-dealkylation sites (tertiary alicyclic amines) is 1. The molecule has 0 aliphatic carbocycles. The van der Waals surface area contributed by atoms with Gasteiger partial charge in [0.05, 0.1) is 16.9 Å². The molecular formula is C18H29IN6S. The average molecular weight is 488 g/mol. The summed E-state index contributed by atoms with van der Waals surface area (Å²) in [5.41, 5.74) is 2.50. The van der Waals surface area contributed by atoms with Crippen LogP contribution in [0.1, 0.15) is 48.4 Å². The lowest BCUT2D eigenvalue weighted by Crippen LogP contribution is -2.40. The molecule has 1 aliphatic heterocycles. The molecule has 2 aromatic rings. The Labute approximate surface area is 177 Å². The zero-order valence-corrected chi connectivity index (χ0v) is 19.1. The van der Waals surface area contributed by atoms with Crippen LogP contribution in [0.2, 0.25) is 0 Å². The quantitative estimate of drug-likeness (QED) is 0.399. The van der Waals surface area contributed by atoms with Crippen LogP contribution < -0.4 is 5.32 Å². The van der Waals surface area contributed by atoms with E-state index in [1.54, 1.807) is 11.3 Å². The SMILES string of the molecule is CN=C(NCCc1csc(C(C)C)n1)N1CCC(c2cnn(C)c2)C1.I. The third-order valence-corrected chi connectivity index (χ3v) is 5.82. The van der Waals surface area contributed by atoms with E-state index in [1.807, 2.05) is 25.0 Å². The Balaban J connectivity index is 0.00000243. The van der Waals surface area contributed by atoms with E-state index in [-0.39, 0.29) is 24.0 Å². The first-order valence-electron chi connectivity index (χ1n) is 8.95. The number of hydrogen-bond donors (Lipinski definition) is 1. The predicted octanol–water partition coefficient (Wildman–Crippen LogP) is 3.23. The molecule has 144 valence electrons. The lowest BCUT2D eigenvalue weighted by atomic mass is 10.0. The van der Waals surface area contributed by atoms with Crippen molar-refractivity contribution in [2.24, 2.45) is 12.0 Å². The van der Waals surface area contributed by atoms with E-state index in [0.717, 1.165) is 38.4 Å².